The summed E-state index contributed by atoms with van der Waals surface area (Å²) in [7, 11) is 0. The normalized spacial score (nSPS) is 7.35. The molecular formula is C94H20F3N5S. The van der Waals surface area contributed by atoms with Crippen LogP contribution in [0, 0.1) is 457 Å². The highest BCUT2D eigenvalue weighted by atomic mass is 32.1. The van der Waals surface area contributed by atoms with Gasteiger partial charge in [0.2, 0.25) is 0 Å². The third-order valence-electron chi connectivity index (χ3n) is 9.26. The number of aryl methyl sites for hydroxylation is 1. The van der Waals surface area contributed by atoms with Crippen molar-refractivity contribution in [2.45, 2.75) is 39.4 Å². The Labute approximate surface area is 606 Å². The van der Waals surface area contributed by atoms with Gasteiger partial charge < -0.3 is 4.90 Å². The molecule has 1 aliphatic rings. The second-order valence-electron chi connectivity index (χ2n) is 16.2. The molecule has 5 nitrogen and oxygen atoms in total. The van der Waals surface area contributed by atoms with E-state index in [0.29, 0.717) is 0 Å². The summed E-state index contributed by atoms with van der Waals surface area (Å²) in [6.07, 6.45) is -4.68. The summed E-state index contributed by atoms with van der Waals surface area (Å²) in [5.74, 6) is 179. The van der Waals surface area contributed by atoms with E-state index in [2.05, 4.69) is 431 Å². The van der Waals surface area contributed by atoms with Crippen molar-refractivity contribution in [2.24, 2.45) is 0 Å². The van der Waals surface area contributed by atoms with E-state index in [-0.39, 0.29) is 16.6 Å². The summed E-state index contributed by atoms with van der Waals surface area (Å²) in [6, 6.07) is 12.6. The average molecular weight is 1310 g/mol. The second kappa shape index (κ2) is 54.5. The molecule has 0 atom stereocenters. The molecule has 9 heteroatoms. The molecule has 1 N–H and O–H groups in total. The number of benzene rings is 2. The van der Waals surface area contributed by atoms with Gasteiger partial charge in [0.15, 0.2) is 16.9 Å². The number of amidine groups is 1. The van der Waals surface area contributed by atoms with Gasteiger partial charge in [0, 0.05) is 384 Å². The molecule has 0 unspecified atom stereocenters. The van der Waals surface area contributed by atoms with Crippen LogP contribution in [0.25, 0.3) is 4.85 Å². The first-order valence-corrected chi connectivity index (χ1v) is 27.5. The Morgan fingerprint density at radius 2 is 0.563 bits per heavy atom. The van der Waals surface area contributed by atoms with Gasteiger partial charge in [-0.15, -0.1) is 0 Å². The fourth-order valence-electron chi connectivity index (χ4n) is 5.42. The maximum absolute atomic E-state index is 13.4. The molecule has 1 heterocycles. The number of hydrogen-bond acceptors (Lipinski definition) is 3. The van der Waals surface area contributed by atoms with Crippen LogP contribution in [-0.4, -0.2) is 16.5 Å². The molecule has 448 valence electrons. The molecule has 0 aliphatic carbocycles. The van der Waals surface area contributed by atoms with Crippen molar-refractivity contribution < 1.29 is 13.2 Å². The number of halogens is 3. The van der Waals surface area contributed by atoms with Crippen LogP contribution in [0.15, 0.2) is 42.5 Å². The van der Waals surface area contributed by atoms with Crippen molar-refractivity contribution in [1.82, 2.24) is 0 Å². The minimum atomic E-state index is -4.68. The Bertz CT molecular complexity index is 6620. The number of alkyl halides is 3. The number of hydrogen-bond donors (Lipinski definition) is 1. The summed E-state index contributed by atoms with van der Waals surface area (Å²) in [4.78, 5) is 6.02. The molecule has 0 amide bonds. The summed E-state index contributed by atoms with van der Waals surface area (Å²) in [6.45, 7) is 14.2. The number of thiocarbonyl (C=S) groups is 1. The molecule has 0 spiro atoms. The molecule has 0 saturated carbocycles. The zero-order valence-corrected chi connectivity index (χ0v) is 54.2. The number of nitrogens with one attached hydrogen (secondary N) is 1. The molecule has 2 aromatic rings. The molecule has 1 fully saturated rings. The highest BCUT2D eigenvalue weighted by molar-refractivity contribution is 7.81. The standard InChI is InChI=1S/C74H3N.C20H17F3N4S/c1-2-3-4-5-6-7-8-9-10-11-12-13-14-15-16-17-18-19-20-21-22-23-24-25-26-27-28-29-30-31-32-33-34-35-36-37-38-39-40-41-42-43-44-45-46-47-48-49-50-51-52-53-54-55-56-57-58-59-60-61-62-63-64-65-66-67-68-69-70-71-72-73-74-75;1-12-5-7-13(8-6-12)27-18(28)26(17(24)19(27,2)3)14-9-10-16(25-4)15(11-14)20(21,22)23/h1H3;5-11,24H,1-3H3. The minimum Gasteiger partial charge on any atom is -0.305 e. The van der Waals surface area contributed by atoms with Gasteiger partial charge in [-0.2, -0.15) is 18.4 Å². The lowest BCUT2D eigenvalue weighted by molar-refractivity contribution is -0.136. The maximum atomic E-state index is 13.4. The Hall–Kier alpha value is -19.3. The SMILES string of the molecule is CC#CC#CC#CC#CC#CC#CC#CC#CC#CC#CC#CC#CC#CC#CC#CC#CC#CC#CC#CC#CC#CC#CC#CC#CC#CC#CC#CC#CC#CC#CC#CC#CC#CC#CC#CC#CC#N.[C-]#[N+]c1ccc(N2C(=N)C(C)(C)N(c3ccc(C)cc3)C2=S)cc1C(F)(F)F. The van der Waals surface area contributed by atoms with Crippen LogP contribution >= 0.6 is 12.2 Å². The molecular weight excluding hydrogens is 1290 g/mol. The van der Waals surface area contributed by atoms with Crippen molar-refractivity contribution in [3.8, 4) is 432 Å². The second-order valence-corrected chi connectivity index (χ2v) is 16.6. The number of anilines is 2. The zero-order valence-electron chi connectivity index (χ0n) is 53.4. The van der Waals surface area contributed by atoms with Crippen molar-refractivity contribution in [3.63, 3.8) is 0 Å². The molecule has 0 aromatic heterocycles. The van der Waals surface area contributed by atoms with E-state index >= 15 is 0 Å². The van der Waals surface area contributed by atoms with Gasteiger partial charge in [0.25, 0.3) is 0 Å². The van der Waals surface area contributed by atoms with Crippen LogP contribution < -0.4 is 9.80 Å². The van der Waals surface area contributed by atoms with Gasteiger partial charge in [-0.1, -0.05) is 29.7 Å². The van der Waals surface area contributed by atoms with Gasteiger partial charge in [0.1, 0.15) is 5.84 Å². The maximum Gasteiger partial charge on any atom is 0.407 e. The smallest absolute Gasteiger partial charge is 0.305 e. The first-order valence-electron chi connectivity index (χ1n) is 27.1. The third kappa shape index (κ3) is 40.3. The Morgan fingerprint density at radius 1 is 0.359 bits per heavy atom. The highest BCUT2D eigenvalue weighted by Crippen LogP contribution is 2.42. The highest BCUT2D eigenvalue weighted by Gasteiger charge is 2.48. The van der Waals surface area contributed by atoms with Crippen LogP contribution in [0.5, 0.6) is 0 Å². The fraction of sp³-hybridized carbons (Fsp3) is 0.0638. The van der Waals surface area contributed by atoms with Crippen LogP contribution in [0.2, 0.25) is 0 Å². The fourth-order valence-corrected chi connectivity index (χ4v) is 5.95. The predicted octanol–water partition coefficient (Wildman–Crippen LogP) is 6.58. The van der Waals surface area contributed by atoms with Gasteiger partial charge in [0.05, 0.1) is 17.7 Å². The Morgan fingerprint density at radius 3 is 0.757 bits per heavy atom. The van der Waals surface area contributed by atoms with E-state index in [4.69, 9.17) is 29.5 Å². The minimum absolute atomic E-state index is 0.0572. The van der Waals surface area contributed by atoms with E-state index in [0.717, 1.165) is 23.4 Å². The largest absolute Gasteiger partial charge is 0.407 e. The number of nitrogens with zero attached hydrogens (tertiary/aromatic N) is 4. The molecule has 2 aromatic carbocycles. The van der Waals surface area contributed by atoms with Crippen LogP contribution in [0.1, 0.15) is 31.9 Å². The Balaban J connectivity index is 0.00000105. The molecule has 1 aliphatic heterocycles. The summed E-state index contributed by atoms with van der Waals surface area (Å²) in [5, 5.41) is 17.0. The lowest BCUT2D eigenvalue weighted by Gasteiger charge is -2.30. The van der Waals surface area contributed by atoms with E-state index < -0.39 is 23.0 Å². The lowest BCUT2D eigenvalue weighted by atomic mass is 10.0. The van der Waals surface area contributed by atoms with E-state index in [1.165, 1.54) is 11.0 Å². The van der Waals surface area contributed by atoms with Crippen molar-refractivity contribution in [2.75, 3.05) is 9.80 Å². The van der Waals surface area contributed by atoms with E-state index in [9.17, 15) is 13.2 Å². The first-order chi connectivity index (χ1) is 50.4. The van der Waals surface area contributed by atoms with Crippen molar-refractivity contribution in [1.29, 1.82) is 10.7 Å². The summed E-state index contributed by atoms with van der Waals surface area (Å²) < 4.78 is 40.1. The van der Waals surface area contributed by atoms with E-state index in [1.54, 1.807) is 31.7 Å². The number of nitriles is 1. The quantitative estimate of drug-likeness (QED) is 0.210. The molecule has 1 saturated heterocycles. The molecule has 0 bridgehead atoms. The lowest BCUT2D eigenvalue weighted by Crippen LogP contribution is -2.44. The van der Waals surface area contributed by atoms with Crippen molar-refractivity contribution >= 4 is 40.2 Å². The van der Waals surface area contributed by atoms with Crippen LogP contribution in [-0.2, 0) is 6.18 Å². The van der Waals surface area contributed by atoms with Crippen LogP contribution in [0.3, 0.4) is 0 Å². The summed E-state index contributed by atoms with van der Waals surface area (Å²) in [5.41, 5.74) is -0.463. The molecule has 3 rings (SSSR count). The Kier molecular flexibility index (Phi) is 42.2. The van der Waals surface area contributed by atoms with E-state index in [1.807, 2.05) is 31.2 Å². The first kappa shape index (κ1) is 79.8. The van der Waals surface area contributed by atoms with Crippen LogP contribution in [0.4, 0.5) is 30.2 Å². The van der Waals surface area contributed by atoms with Gasteiger partial charge >= 0.3 is 6.18 Å². The average Bonchev–Trinajstić information content (AvgIpc) is 1.59. The van der Waals surface area contributed by atoms with Gasteiger partial charge in [-0.3, -0.25) is 10.3 Å². The van der Waals surface area contributed by atoms with Gasteiger partial charge in [-0.25, -0.2) is 4.85 Å². The van der Waals surface area contributed by atoms with Crippen molar-refractivity contribution in [3.05, 3.63) is 65.0 Å². The third-order valence-corrected chi connectivity index (χ3v) is 9.62. The molecule has 0 radical (unpaired) electrons. The van der Waals surface area contributed by atoms with Gasteiger partial charge in [-0.05, 0) is 112 Å². The molecule has 103 heavy (non-hydrogen) atoms. The summed E-state index contributed by atoms with van der Waals surface area (Å²) >= 11 is 5.55. The predicted molar refractivity (Wildman–Crippen MR) is 399 cm³/mol. The number of rotatable bonds is 2. The zero-order chi connectivity index (χ0) is 74.5. The topological polar surface area (TPSA) is 58.5 Å². The monoisotopic (exact) mass is 1310 g/mol.